The second-order valence-corrected chi connectivity index (χ2v) is 3.47. The highest BCUT2D eigenvalue weighted by Gasteiger charge is 2.19. The molecule has 0 aromatic heterocycles. The Morgan fingerprint density at radius 3 is 2.75 bits per heavy atom. The number of Topliss-reactive ketones (excluding diaryl/α,β-unsaturated/α-hetero) is 1. The van der Waals surface area contributed by atoms with E-state index in [1.165, 1.54) is 19.3 Å². The predicted octanol–water partition coefficient (Wildman–Crippen LogP) is 2.55. The molecule has 1 nitrogen and oxygen atoms in total. The van der Waals surface area contributed by atoms with Crippen molar-refractivity contribution in [1.29, 1.82) is 0 Å². The highest BCUT2D eigenvalue weighted by molar-refractivity contribution is 5.78. The van der Waals surface area contributed by atoms with Gasteiger partial charge in [-0.25, -0.2) is 0 Å². The quantitative estimate of drug-likeness (QED) is 0.583. The lowest BCUT2D eigenvalue weighted by Crippen LogP contribution is -2.15. The smallest absolute Gasteiger partial charge is 0.134 e. The van der Waals surface area contributed by atoms with Gasteiger partial charge < -0.3 is 0 Å². The van der Waals surface area contributed by atoms with E-state index in [1.54, 1.807) is 0 Å². The van der Waals surface area contributed by atoms with Gasteiger partial charge in [-0.1, -0.05) is 19.3 Å². The second kappa shape index (κ2) is 4.98. The van der Waals surface area contributed by atoms with Crippen molar-refractivity contribution >= 4 is 5.78 Å². The van der Waals surface area contributed by atoms with Crippen LogP contribution in [-0.4, -0.2) is 5.78 Å². The van der Waals surface area contributed by atoms with E-state index < -0.39 is 0 Å². The van der Waals surface area contributed by atoms with Crippen molar-refractivity contribution in [2.24, 2.45) is 5.92 Å². The molecule has 1 aliphatic rings. The summed E-state index contributed by atoms with van der Waals surface area (Å²) in [6, 6.07) is 0. The summed E-state index contributed by atoms with van der Waals surface area (Å²) >= 11 is 0. The third-order valence-corrected chi connectivity index (χ3v) is 2.45. The summed E-state index contributed by atoms with van der Waals surface area (Å²) in [5, 5.41) is 0. The maximum absolute atomic E-state index is 11.3. The van der Waals surface area contributed by atoms with Crippen molar-refractivity contribution in [3.63, 3.8) is 0 Å². The van der Waals surface area contributed by atoms with Crippen LogP contribution in [0.4, 0.5) is 0 Å². The average Bonchev–Trinajstić information content (AvgIpc) is 1.98. The molecule has 66 valence electrons. The normalized spacial score (nSPS) is 16.1. The molecule has 0 aliphatic heterocycles. The average molecular weight is 164 g/mol. The van der Waals surface area contributed by atoms with Crippen LogP contribution in [0.2, 0.25) is 0 Å². The van der Waals surface area contributed by atoms with Crippen molar-refractivity contribution in [1.82, 2.24) is 0 Å². The molecule has 0 atom stereocenters. The predicted molar refractivity (Wildman–Crippen MR) is 49.6 cm³/mol. The van der Waals surface area contributed by atoms with Gasteiger partial charge in [-0.15, -0.1) is 11.8 Å². The number of carbonyl (C=O) groups excluding carboxylic acids is 1. The number of rotatable bonds is 4. The third kappa shape index (κ3) is 3.09. The molecule has 0 amide bonds. The monoisotopic (exact) mass is 164 g/mol. The topological polar surface area (TPSA) is 17.1 Å². The van der Waals surface area contributed by atoms with E-state index in [2.05, 4.69) is 11.8 Å². The molecule has 0 aromatic rings. The minimum absolute atomic E-state index is 0.405. The summed E-state index contributed by atoms with van der Waals surface area (Å²) < 4.78 is 0. The molecule has 1 fully saturated rings. The van der Waals surface area contributed by atoms with Gasteiger partial charge in [0, 0.05) is 19.3 Å². The van der Waals surface area contributed by atoms with Gasteiger partial charge in [0.2, 0.25) is 0 Å². The van der Waals surface area contributed by atoms with Crippen molar-refractivity contribution in [2.75, 3.05) is 0 Å². The fraction of sp³-hybridized carbons (Fsp3) is 0.727. The zero-order valence-electron chi connectivity index (χ0n) is 7.73. The summed E-state index contributed by atoms with van der Waals surface area (Å²) in [6.45, 7) is 1.82. The Kier molecular flexibility index (Phi) is 3.87. The Morgan fingerprint density at radius 1 is 1.50 bits per heavy atom. The van der Waals surface area contributed by atoms with E-state index in [9.17, 15) is 4.79 Å². The van der Waals surface area contributed by atoms with Crippen LogP contribution in [0.15, 0.2) is 0 Å². The molecule has 1 saturated carbocycles. The summed E-state index contributed by atoms with van der Waals surface area (Å²) in [7, 11) is 0. The minimum atomic E-state index is 0.405. The molecule has 1 heteroatoms. The van der Waals surface area contributed by atoms with Gasteiger partial charge in [-0.3, -0.25) is 4.79 Å². The highest BCUT2D eigenvalue weighted by Crippen LogP contribution is 2.29. The van der Waals surface area contributed by atoms with Crippen LogP contribution in [0.3, 0.4) is 0 Å². The molecule has 0 heterocycles. The maximum Gasteiger partial charge on any atom is 0.134 e. The van der Waals surface area contributed by atoms with Crippen LogP contribution in [0.1, 0.15) is 45.4 Å². The first kappa shape index (κ1) is 9.32. The van der Waals surface area contributed by atoms with Gasteiger partial charge in [0.25, 0.3) is 0 Å². The van der Waals surface area contributed by atoms with Crippen LogP contribution >= 0.6 is 0 Å². The molecule has 0 saturated heterocycles. The van der Waals surface area contributed by atoms with Crippen molar-refractivity contribution in [3.05, 3.63) is 0 Å². The fourth-order valence-corrected chi connectivity index (χ4v) is 1.45. The van der Waals surface area contributed by atoms with E-state index in [0.29, 0.717) is 18.1 Å². The van der Waals surface area contributed by atoms with E-state index in [0.717, 1.165) is 12.8 Å². The number of ketones is 1. The molecule has 1 rings (SSSR count). The summed E-state index contributed by atoms with van der Waals surface area (Å²) in [5.74, 6) is 6.84. The fourth-order valence-electron chi connectivity index (χ4n) is 1.45. The molecule has 1 aliphatic carbocycles. The van der Waals surface area contributed by atoms with Crippen molar-refractivity contribution in [3.8, 4) is 11.8 Å². The highest BCUT2D eigenvalue weighted by atomic mass is 16.1. The van der Waals surface area contributed by atoms with Crippen LogP contribution < -0.4 is 0 Å². The zero-order valence-corrected chi connectivity index (χ0v) is 7.73. The molecular formula is C11H16O. The molecular weight excluding hydrogens is 148 g/mol. The lowest BCUT2D eigenvalue weighted by atomic mass is 9.81. The van der Waals surface area contributed by atoms with Crippen LogP contribution in [0.25, 0.3) is 0 Å². The van der Waals surface area contributed by atoms with E-state index in [1.807, 2.05) is 6.92 Å². The molecule has 0 bridgehead atoms. The van der Waals surface area contributed by atoms with Gasteiger partial charge >= 0.3 is 0 Å². The lowest BCUT2D eigenvalue weighted by molar-refractivity contribution is -0.120. The Morgan fingerprint density at radius 2 is 2.25 bits per heavy atom. The lowest BCUT2D eigenvalue weighted by Gasteiger charge is -2.24. The molecule has 0 N–H and O–H groups in total. The summed E-state index contributed by atoms with van der Waals surface area (Å²) in [4.78, 5) is 11.3. The Balaban J connectivity index is 2.05. The zero-order chi connectivity index (χ0) is 8.81. The van der Waals surface area contributed by atoms with Gasteiger partial charge in [-0.05, 0) is 12.8 Å². The van der Waals surface area contributed by atoms with Gasteiger partial charge in [-0.2, -0.15) is 0 Å². The third-order valence-electron chi connectivity index (χ3n) is 2.45. The minimum Gasteiger partial charge on any atom is -0.300 e. The Labute approximate surface area is 74.5 Å². The first-order chi connectivity index (χ1) is 5.83. The van der Waals surface area contributed by atoms with E-state index in [-0.39, 0.29) is 0 Å². The van der Waals surface area contributed by atoms with Crippen LogP contribution in [0, 0.1) is 17.8 Å². The van der Waals surface area contributed by atoms with Gasteiger partial charge in [0.05, 0.1) is 0 Å². The van der Waals surface area contributed by atoms with E-state index in [4.69, 9.17) is 0 Å². The largest absolute Gasteiger partial charge is 0.300 e. The first-order valence-corrected chi connectivity index (χ1v) is 4.74. The second-order valence-electron chi connectivity index (χ2n) is 3.47. The number of hydrogen-bond donors (Lipinski definition) is 0. The first-order valence-electron chi connectivity index (χ1n) is 4.74. The molecule has 0 spiro atoms. The SMILES string of the molecule is CC#CCCC(=O)CC1CCC1. The number of carbonyl (C=O) groups is 1. The van der Waals surface area contributed by atoms with Gasteiger partial charge in [0.15, 0.2) is 0 Å². The summed E-state index contributed by atoms with van der Waals surface area (Å²) in [5.41, 5.74) is 0. The molecule has 0 aromatic carbocycles. The summed E-state index contributed by atoms with van der Waals surface area (Å²) in [6.07, 6.45) is 6.09. The van der Waals surface area contributed by atoms with Crippen LogP contribution in [0.5, 0.6) is 0 Å². The van der Waals surface area contributed by atoms with Gasteiger partial charge in [0.1, 0.15) is 5.78 Å². The standard InChI is InChI=1S/C11H16O/c1-2-3-4-8-11(12)9-10-6-5-7-10/h10H,4-9H2,1H3. The Hall–Kier alpha value is -0.770. The molecule has 0 unspecified atom stereocenters. The van der Waals surface area contributed by atoms with Crippen molar-refractivity contribution in [2.45, 2.75) is 45.4 Å². The maximum atomic E-state index is 11.3. The molecule has 12 heavy (non-hydrogen) atoms. The molecule has 0 radical (unpaired) electrons. The van der Waals surface area contributed by atoms with Crippen molar-refractivity contribution < 1.29 is 4.79 Å². The van der Waals surface area contributed by atoms with E-state index >= 15 is 0 Å². The van der Waals surface area contributed by atoms with Crippen LogP contribution in [-0.2, 0) is 4.79 Å². The number of hydrogen-bond acceptors (Lipinski definition) is 1. The Bertz CT molecular complexity index is 203.